The lowest BCUT2D eigenvalue weighted by Gasteiger charge is -2.07. The fourth-order valence-corrected chi connectivity index (χ4v) is 1.76. The molecular formula is C13H12ClN3O. The van der Waals surface area contributed by atoms with E-state index in [1.807, 2.05) is 0 Å². The Balaban J connectivity index is 2.22. The Morgan fingerprint density at radius 1 is 1.33 bits per heavy atom. The number of hydrogen-bond acceptors (Lipinski definition) is 3. The molecule has 0 saturated carbocycles. The van der Waals surface area contributed by atoms with Gasteiger partial charge in [0, 0.05) is 16.9 Å². The topological polar surface area (TPSA) is 54.9 Å². The van der Waals surface area contributed by atoms with Crippen molar-refractivity contribution in [2.75, 3.05) is 5.32 Å². The minimum atomic E-state index is -0.241. The maximum atomic E-state index is 12.0. The Hall–Kier alpha value is -1.94. The predicted octanol–water partition coefficient (Wildman–Crippen LogP) is 3.00. The van der Waals surface area contributed by atoms with Gasteiger partial charge in [-0.3, -0.25) is 4.79 Å². The summed E-state index contributed by atoms with van der Waals surface area (Å²) in [5.74, 6) is 0.404. The summed E-state index contributed by atoms with van der Waals surface area (Å²) >= 11 is 5.85. The van der Waals surface area contributed by atoms with Crippen molar-refractivity contribution in [2.45, 2.75) is 13.8 Å². The summed E-state index contributed by atoms with van der Waals surface area (Å²) in [6.45, 7) is 3.56. The zero-order valence-corrected chi connectivity index (χ0v) is 10.8. The van der Waals surface area contributed by atoms with Gasteiger partial charge in [0.1, 0.15) is 5.82 Å². The van der Waals surface area contributed by atoms with E-state index in [-0.39, 0.29) is 5.91 Å². The number of halogens is 1. The van der Waals surface area contributed by atoms with E-state index in [1.165, 1.54) is 6.20 Å². The molecular weight excluding hydrogens is 250 g/mol. The van der Waals surface area contributed by atoms with E-state index in [9.17, 15) is 4.79 Å². The summed E-state index contributed by atoms with van der Waals surface area (Å²) < 4.78 is 0. The molecule has 0 aliphatic carbocycles. The Bertz CT molecular complexity index is 599. The molecule has 2 rings (SSSR count). The third kappa shape index (κ3) is 2.84. The quantitative estimate of drug-likeness (QED) is 0.904. The highest BCUT2D eigenvalue weighted by molar-refractivity contribution is 6.30. The van der Waals surface area contributed by atoms with Crippen molar-refractivity contribution in [3.05, 3.63) is 52.6 Å². The molecule has 0 unspecified atom stereocenters. The number of nitrogens with one attached hydrogen (secondary N) is 1. The smallest absolute Gasteiger partial charge is 0.259 e. The van der Waals surface area contributed by atoms with Crippen LogP contribution in [0.4, 0.5) is 5.69 Å². The molecule has 18 heavy (non-hydrogen) atoms. The maximum Gasteiger partial charge on any atom is 0.259 e. The molecule has 1 heterocycles. The minimum absolute atomic E-state index is 0.241. The van der Waals surface area contributed by atoms with Crippen molar-refractivity contribution in [1.82, 2.24) is 9.97 Å². The highest BCUT2D eigenvalue weighted by Gasteiger charge is 2.11. The normalized spacial score (nSPS) is 10.2. The molecule has 1 aromatic carbocycles. The van der Waals surface area contributed by atoms with Crippen molar-refractivity contribution in [3.8, 4) is 0 Å². The van der Waals surface area contributed by atoms with Gasteiger partial charge in [0.2, 0.25) is 0 Å². The standard InChI is InChI=1S/C13H12ClN3O/c1-8-12(7-15-9(2)16-8)13(18)17-11-5-3-4-10(14)6-11/h3-7H,1-2H3,(H,17,18). The fraction of sp³-hybridized carbons (Fsp3) is 0.154. The van der Waals surface area contributed by atoms with Crippen LogP contribution in [0.1, 0.15) is 21.9 Å². The molecule has 2 aromatic rings. The summed E-state index contributed by atoms with van der Waals surface area (Å²) in [4.78, 5) is 20.2. The molecule has 1 aromatic heterocycles. The van der Waals surface area contributed by atoms with E-state index in [2.05, 4.69) is 15.3 Å². The van der Waals surface area contributed by atoms with E-state index >= 15 is 0 Å². The number of anilines is 1. The van der Waals surface area contributed by atoms with E-state index in [0.29, 0.717) is 27.8 Å². The average Bonchev–Trinajstić information content (AvgIpc) is 2.28. The lowest BCUT2D eigenvalue weighted by molar-refractivity contribution is 0.102. The Morgan fingerprint density at radius 2 is 2.11 bits per heavy atom. The molecule has 0 aliphatic rings. The molecule has 0 atom stereocenters. The van der Waals surface area contributed by atoms with E-state index in [1.54, 1.807) is 38.1 Å². The summed E-state index contributed by atoms with van der Waals surface area (Å²) in [6, 6.07) is 6.98. The van der Waals surface area contributed by atoms with Crippen LogP contribution >= 0.6 is 11.6 Å². The molecule has 4 nitrogen and oxygen atoms in total. The number of aromatic nitrogens is 2. The molecule has 0 radical (unpaired) electrons. The molecule has 1 amide bonds. The lowest BCUT2D eigenvalue weighted by Crippen LogP contribution is -2.15. The average molecular weight is 262 g/mol. The molecule has 0 spiro atoms. The summed E-state index contributed by atoms with van der Waals surface area (Å²) in [7, 11) is 0. The number of rotatable bonds is 2. The first-order valence-corrected chi connectivity index (χ1v) is 5.81. The van der Waals surface area contributed by atoms with E-state index in [0.717, 1.165) is 0 Å². The van der Waals surface area contributed by atoms with Crippen LogP contribution in [-0.2, 0) is 0 Å². The van der Waals surface area contributed by atoms with Crippen LogP contribution in [0, 0.1) is 13.8 Å². The lowest BCUT2D eigenvalue weighted by atomic mass is 10.2. The number of benzene rings is 1. The van der Waals surface area contributed by atoms with Gasteiger partial charge in [-0.2, -0.15) is 0 Å². The van der Waals surface area contributed by atoms with Crippen LogP contribution in [0.15, 0.2) is 30.5 Å². The van der Waals surface area contributed by atoms with Gasteiger partial charge in [-0.25, -0.2) is 9.97 Å². The van der Waals surface area contributed by atoms with Gasteiger partial charge in [-0.05, 0) is 32.0 Å². The molecule has 1 N–H and O–H groups in total. The number of carbonyl (C=O) groups excluding carboxylic acids is 1. The van der Waals surface area contributed by atoms with E-state index < -0.39 is 0 Å². The number of aryl methyl sites for hydroxylation is 2. The van der Waals surface area contributed by atoms with Crippen molar-refractivity contribution in [1.29, 1.82) is 0 Å². The van der Waals surface area contributed by atoms with Crippen LogP contribution in [0.2, 0.25) is 5.02 Å². The van der Waals surface area contributed by atoms with Gasteiger partial charge in [-0.15, -0.1) is 0 Å². The van der Waals surface area contributed by atoms with Crippen molar-refractivity contribution < 1.29 is 4.79 Å². The third-order valence-corrected chi connectivity index (χ3v) is 2.66. The Morgan fingerprint density at radius 3 is 2.78 bits per heavy atom. The van der Waals surface area contributed by atoms with Crippen LogP contribution in [0.5, 0.6) is 0 Å². The molecule has 5 heteroatoms. The van der Waals surface area contributed by atoms with Crippen LogP contribution in [0.3, 0.4) is 0 Å². The molecule has 0 fully saturated rings. The van der Waals surface area contributed by atoms with Gasteiger partial charge in [0.25, 0.3) is 5.91 Å². The second-order valence-electron chi connectivity index (χ2n) is 3.88. The van der Waals surface area contributed by atoms with Gasteiger partial charge in [-0.1, -0.05) is 17.7 Å². The first kappa shape index (κ1) is 12.5. The summed E-state index contributed by atoms with van der Waals surface area (Å²) in [5.41, 5.74) is 1.76. The highest BCUT2D eigenvalue weighted by Crippen LogP contribution is 2.16. The SMILES string of the molecule is Cc1ncc(C(=O)Nc2cccc(Cl)c2)c(C)n1. The largest absolute Gasteiger partial charge is 0.322 e. The summed E-state index contributed by atoms with van der Waals surface area (Å²) in [6.07, 6.45) is 1.53. The summed E-state index contributed by atoms with van der Waals surface area (Å²) in [5, 5.41) is 3.33. The minimum Gasteiger partial charge on any atom is -0.322 e. The molecule has 0 saturated heterocycles. The zero-order chi connectivity index (χ0) is 13.1. The van der Waals surface area contributed by atoms with Crippen LogP contribution in [-0.4, -0.2) is 15.9 Å². The molecule has 92 valence electrons. The predicted molar refractivity (Wildman–Crippen MR) is 70.9 cm³/mol. The first-order chi connectivity index (χ1) is 8.56. The third-order valence-electron chi connectivity index (χ3n) is 2.43. The Labute approximate surface area is 110 Å². The van der Waals surface area contributed by atoms with Crippen LogP contribution < -0.4 is 5.32 Å². The number of carbonyl (C=O) groups is 1. The highest BCUT2D eigenvalue weighted by atomic mass is 35.5. The van der Waals surface area contributed by atoms with Crippen molar-refractivity contribution >= 4 is 23.2 Å². The number of nitrogens with zero attached hydrogens (tertiary/aromatic N) is 2. The fourth-order valence-electron chi connectivity index (χ4n) is 1.57. The van der Waals surface area contributed by atoms with E-state index in [4.69, 9.17) is 11.6 Å². The van der Waals surface area contributed by atoms with Gasteiger partial charge in [0.05, 0.1) is 11.3 Å². The maximum absolute atomic E-state index is 12.0. The Kier molecular flexibility index (Phi) is 3.58. The molecule has 0 aliphatic heterocycles. The van der Waals surface area contributed by atoms with Crippen molar-refractivity contribution in [2.24, 2.45) is 0 Å². The van der Waals surface area contributed by atoms with Gasteiger partial charge in [0.15, 0.2) is 0 Å². The van der Waals surface area contributed by atoms with Gasteiger partial charge < -0.3 is 5.32 Å². The second kappa shape index (κ2) is 5.14. The number of amides is 1. The monoisotopic (exact) mass is 261 g/mol. The second-order valence-corrected chi connectivity index (χ2v) is 4.32. The van der Waals surface area contributed by atoms with Gasteiger partial charge >= 0.3 is 0 Å². The molecule has 0 bridgehead atoms. The first-order valence-electron chi connectivity index (χ1n) is 5.43. The number of hydrogen-bond donors (Lipinski definition) is 1. The van der Waals surface area contributed by atoms with Crippen molar-refractivity contribution in [3.63, 3.8) is 0 Å². The van der Waals surface area contributed by atoms with Crippen LogP contribution in [0.25, 0.3) is 0 Å². The zero-order valence-electron chi connectivity index (χ0n) is 10.1.